The van der Waals surface area contributed by atoms with E-state index in [0.717, 1.165) is 25.0 Å². The van der Waals surface area contributed by atoms with Crippen LogP contribution in [0.4, 0.5) is 29.3 Å². The Labute approximate surface area is 221 Å². The van der Waals surface area contributed by atoms with Crippen LogP contribution in [-0.2, 0) is 13.1 Å². The third kappa shape index (κ3) is 3.87. The summed E-state index contributed by atoms with van der Waals surface area (Å²) < 4.78 is 62.6. The first-order chi connectivity index (χ1) is 17.9. The SMILES string of the molecule is COc1cc(N2CC3(C2)CN(c2nnc4n2-c2ccc(Cl)cc2CN(C(C)(C)C(F)(F)F)C4)C3)ncc1F. The lowest BCUT2D eigenvalue weighted by atomic mass is 9.73. The first-order valence-corrected chi connectivity index (χ1v) is 12.5. The maximum atomic E-state index is 14.0. The standard InChI is InChI=1S/C25H26ClF4N7O/c1-23(2,25(28,29)30)36-9-15-6-16(26)4-5-18(15)37-21(10-36)32-33-22(37)35-13-24(14-35)11-34(12-24)20-7-19(38-3)17(27)8-31-20/h4-8H,9-14H2,1-3H3. The van der Waals surface area contributed by atoms with Gasteiger partial charge in [0.15, 0.2) is 17.4 Å². The number of halogens is 5. The normalized spacial score (nSPS) is 18.9. The van der Waals surface area contributed by atoms with E-state index in [1.54, 1.807) is 18.2 Å². The molecule has 2 fully saturated rings. The number of methoxy groups -OCH3 is 1. The third-order valence-electron chi connectivity index (χ3n) is 7.91. The van der Waals surface area contributed by atoms with Crippen molar-refractivity contribution in [2.24, 2.45) is 5.41 Å². The predicted octanol–water partition coefficient (Wildman–Crippen LogP) is 4.45. The summed E-state index contributed by atoms with van der Waals surface area (Å²) in [7, 11) is 1.42. The molecule has 3 aromatic rings. The minimum Gasteiger partial charge on any atom is -0.493 e. The molecule has 8 nitrogen and oxygen atoms in total. The molecule has 6 rings (SSSR count). The van der Waals surface area contributed by atoms with Gasteiger partial charge < -0.3 is 14.5 Å². The Kier molecular flexibility index (Phi) is 5.59. The van der Waals surface area contributed by atoms with Crippen molar-refractivity contribution in [3.63, 3.8) is 0 Å². The average Bonchev–Trinajstić information content (AvgIpc) is 3.12. The summed E-state index contributed by atoms with van der Waals surface area (Å²) in [6.45, 7) is 5.31. The van der Waals surface area contributed by atoms with Gasteiger partial charge in [0.25, 0.3) is 0 Å². The zero-order chi connectivity index (χ0) is 27.0. The fourth-order valence-corrected chi connectivity index (χ4v) is 5.73. The van der Waals surface area contributed by atoms with Gasteiger partial charge in [0.2, 0.25) is 5.95 Å². The lowest BCUT2D eigenvalue weighted by Crippen LogP contribution is -2.73. The highest BCUT2D eigenvalue weighted by Gasteiger charge is 2.55. The van der Waals surface area contributed by atoms with Gasteiger partial charge in [-0.15, -0.1) is 10.2 Å². The summed E-state index contributed by atoms with van der Waals surface area (Å²) in [5.74, 6) is 1.34. The highest BCUT2D eigenvalue weighted by Crippen LogP contribution is 2.45. The maximum absolute atomic E-state index is 14.0. The summed E-state index contributed by atoms with van der Waals surface area (Å²) in [6, 6.07) is 6.84. The molecule has 0 amide bonds. The van der Waals surface area contributed by atoms with E-state index in [1.165, 1.54) is 25.9 Å². The van der Waals surface area contributed by atoms with Crippen molar-refractivity contribution in [3.05, 3.63) is 52.7 Å². The molecule has 0 saturated carbocycles. The second-order valence-corrected chi connectivity index (χ2v) is 11.3. The predicted molar refractivity (Wildman–Crippen MR) is 133 cm³/mol. The van der Waals surface area contributed by atoms with Crippen LogP contribution >= 0.6 is 11.6 Å². The van der Waals surface area contributed by atoms with Crippen LogP contribution < -0.4 is 14.5 Å². The molecule has 0 aliphatic carbocycles. The Morgan fingerprint density at radius 2 is 1.71 bits per heavy atom. The van der Waals surface area contributed by atoms with E-state index in [4.69, 9.17) is 16.3 Å². The molecule has 1 aromatic carbocycles. The number of rotatable bonds is 4. The number of fused-ring (bicyclic) bond motifs is 3. The molecule has 5 heterocycles. The molecule has 38 heavy (non-hydrogen) atoms. The highest BCUT2D eigenvalue weighted by atomic mass is 35.5. The topological polar surface area (TPSA) is 62.6 Å². The van der Waals surface area contributed by atoms with Gasteiger partial charge in [0.1, 0.15) is 11.4 Å². The van der Waals surface area contributed by atoms with Crippen LogP contribution in [-0.4, -0.2) is 69.7 Å². The van der Waals surface area contributed by atoms with Crippen molar-refractivity contribution < 1.29 is 22.3 Å². The van der Waals surface area contributed by atoms with Crippen LogP contribution in [0.2, 0.25) is 5.02 Å². The third-order valence-corrected chi connectivity index (χ3v) is 8.15. The van der Waals surface area contributed by atoms with E-state index in [0.29, 0.717) is 41.3 Å². The molecule has 0 bridgehead atoms. The Morgan fingerprint density at radius 1 is 1.00 bits per heavy atom. The van der Waals surface area contributed by atoms with Crippen LogP contribution in [0.3, 0.4) is 0 Å². The Hall–Kier alpha value is -3.12. The van der Waals surface area contributed by atoms with Gasteiger partial charge in [0.05, 0.1) is 25.5 Å². The van der Waals surface area contributed by atoms with Gasteiger partial charge in [-0.3, -0.25) is 9.47 Å². The minimum atomic E-state index is -4.44. The number of ether oxygens (including phenoxy) is 1. The Bertz CT molecular complexity index is 1390. The molecule has 3 aliphatic heterocycles. The summed E-state index contributed by atoms with van der Waals surface area (Å²) in [5.41, 5.74) is -0.658. The van der Waals surface area contributed by atoms with Crippen LogP contribution in [0, 0.1) is 11.2 Å². The van der Waals surface area contributed by atoms with Crippen LogP contribution in [0.25, 0.3) is 5.69 Å². The van der Waals surface area contributed by atoms with Gasteiger partial charge in [0, 0.05) is 49.2 Å². The van der Waals surface area contributed by atoms with Crippen molar-refractivity contribution in [1.82, 2.24) is 24.6 Å². The number of anilines is 2. The molecule has 0 atom stereocenters. The molecule has 0 radical (unpaired) electrons. The van der Waals surface area contributed by atoms with Crippen LogP contribution in [0.1, 0.15) is 25.2 Å². The average molecular weight is 552 g/mol. The molecular weight excluding hydrogens is 526 g/mol. The van der Waals surface area contributed by atoms with Crippen molar-refractivity contribution in [1.29, 1.82) is 0 Å². The van der Waals surface area contributed by atoms with Crippen molar-refractivity contribution in [3.8, 4) is 11.4 Å². The van der Waals surface area contributed by atoms with E-state index in [9.17, 15) is 17.6 Å². The summed E-state index contributed by atoms with van der Waals surface area (Å²) >= 11 is 6.25. The lowest BCUT2D eigenvalue weighted by Gasteiger charge is -2.60. The smallest absolute Gasteiger partial charge is 0.406 e. The van der Waals surface area contributed by atoms with Crippen LogP contribution in [0.5, 0.6) is 5.75 Å². The van der Waals surface area contributed by atoms with Gasteiger partial charge in [-0.2, -0.15) is 13.2 Å². The number of alkyl halides is 3. The summed E-state index contributed by atoms with van der Waals surface area (Å²) in [6.07, 6.45) is -3.28. The van der Waals surface area contributed by atoms with Crippen molar-refractivity contribution in [2.75, 3.05) is 43.1 Å². The van der Waals surface area contributed by atoms with E-state index < -0.39 is 17.5 Å². The van der Waals surface area contributed by atoms with Gasteiger partial charge in [-0.25, -0.2) is 9.37 Å². The molecule has 13 heteroatoms. The van der Waals surface area contributed by atoms with E-state index in [2.05, 4.69) is 25.0 Å². The molecule has 202 valence electrons. The molecular formula is C25H26ClF4N7O. The van der Waals surface area contributed by atoms with Gasteiger partial charge in [-0.05, 0) is 37.6 Å². The second-order valence-electron chi connectivity index (χ2n) is 10.8. The number of hydrogen-bond acceptors (Lipinski definition) is 7. The molecule has 3 aliphatic rings. The quantitative estimate of drug-likeness (QED) is 0.444. The van der Waals surface area contributed by atoms with Gasteiger partial charge >= 0.3 is 6.18 Å². The van der Waals surface area contributed by atoms with Crippen molar-refractivity contribution >= 4 is 23.4 Å². The van der Waals surface area contributed by atoms with E-state index >= 15 is 0 Å². The second kappa shape index (κ2) is 8.44. The lowest BCUT2D eigenvalue weighted by molar-refractivity contribution is -0.224. The molecule has 2 aromatic heterocycles. The first-order valence-electron chi connectivity index (χ1n) is 12.2. The first kappa shape index (κ1) is 25.2. The minimum absolute atomic E-state index is 0.0172. The van der Waals surface area contributed by atoms with E-state index in [1.807, 2.05) is 10.6 Å². The molecule has 2 saturated heterocycles. The van der Waals surface area contributed by atoms with Gasteiger partial charge in [-0.1, -0.05) is 11.6 Å². The van der Waals surface area contributed by atoms with Crippen LogP contribution in [0.15, 0.2) is 30.5 Å². The number of nitrogens with zero attached hydrogens (tertiary/aromatic N) is 7. The summed E-state index contributed by atoms with van der Waals surface area (Å²) in [5, 5.41) is 9.19. The monoisotopic (exact) mass is 551 g/mol. The number of benzene rings is 1. The number of aromatic nitrogens is 4. The fourth-order valence-electron chi connectivity index (χ4n) is 5.54. The Balaban J connectivity index is 1.25. The Morgan fingerprint density at radius 3 is 2.39 bits per heavy atom. The largest absolute Gasteiger partial charge is 0.493 e. The molecule has 0 unspecified atom stereocenters. The zero-order valence-electron chi connectivity index (χ0n) is 21.1. The van der Waals surface area contributed by atoms with Crippen molar-refractivity contribution in [2.45, 2.75) is 38.7 Å². The number of pyridine rings is 1. The zero-order valence-corrected chi connectivity index (χ0v) is 21.8. The summed E-state index contributed by atoms with van der Waals surface area (Å²) in [4.78, 5) is 9.71. The fraction of sp³-hybridized carbons (Fsp3) is 0.480. The van der Waals surface area contributed by atoms with E-state index in [-0.39, 0.29) is 24.3 Å². The molecule has 1 spiro atoms. The highest BCUT2D eigenvalue weighted by molar-refractivity contribution is 6.30. The maximum Gasteiger partial charge on any atom is 0.406 e. The molecule has 0 N–H and O–H groups in total. The number of hydrogen-bond donors (Lipinski definition) is 0.